The van der Waals surface area contributed by atoms with E-state index in [0.29, 0.717) is 5.56 Å². The molecule has 2 rings (SSSR count). The Bertz CT molecular complexity index is 601. The Kier molecular flexibility index (Phi) is 2.24. The van der Waals surface area contributed by atoms with Gasteiger partial charge in [-0.3, -0.25) is 0 Å². The fourth-order valence-electron chi connectivity index (χ4n) is 1.62. The number of hydrogen-bond acceptors (Lipinski definition) is 3. The lowest BCUT2D eigenvalue weighted by Gasteiger charge is -1.95. The van der Waals surface area contributed by atoms with Gasteiger partial charge < -0.3 is 4.57 Å². The van der Waals surface area contributed by atoms with Crippen molar-refractivity contribution in [1.82, 2.24) is 9.55 Å². The van der Waals surface area contributed by atoms with Gasteiger partial charge in [0.25, 0.3) is 0 Å². The Balaban J connectivity index is 2.62. The summed E-state index contributed by atoms with van der Waals surface area (Å²) in [4.78, 5) is 4.16. The van der Waals surface area contributed by atoms with Gasteiger partial charge in [-0.1, -0.05) is 0 Å². The number of nitrogens with zero attached hydrogens (tertiary/aromatic N) is 2. The average Bonchev–Trinajstić information content (AvgIpc) is 2.42. The topological polar surface area (TPSA) is 78.0 Å². The molecular weight excluding hydrogens is 214 g/mol. The molecule has 2 heterocycles. The first-order valence-electron chi connectivity index (χ1n) is 4.37. The fraction of sp³-hybridized carbons (Fsp3) is 0.222. The van der Waals surface area contributed by atoms with Gasteiger partial charge in [0, 0.05) is 24.8 Å². The molecule has 2 aromatic rings. The van der Waals surface area contributed by atoms with Gasteiger partial charge in [0.15, 0.2) is 0 Å². The van der Waals surface area contributed by atoms with Gasteiger partial charge in [-0.2, -0.15) is 0 Å². The van der Waals surface area contributed by atoms with Crippen molar-refractivity contribution in [2.24, 2.45) is 12.2 Å². The monoisotopic (exact) mass is 225 g/mol. The molecule has 0 aliphatic rings. The normalized spacial score (nSPS) is 12.1. The summed E-state index contributed by atoms with van der Waals surface area (Å²) in [6, 6.07) is 3.61. The molecule has 0 saturated carbocycles. The van der Waals surface area contributed by atoms with Crippen molar-refractivity contribution in [1.29, 1.82) is 0 Å². The van der Waals surface area contributed by atoms with Crippen molar-refractivity contribution in [3.63, 3.8) is 0 Å². The first-order valence-corrected chi connectivity index (χ1v) is 6.08. The highest BCUT2D eigenvalue weighted by molar-refractivity contribution is 7.88. The summed E-state index contributed by atoms with van der Waals surface area (Å²) in [5.41, 5.74) is 1.44. The molecule has 0 aliphatic carbocycles. The van der Waals surface area contributed by atoms with Crippen LogP contribution in [-0.4, -0.2) is 18.0 Å². The molecule has 0 aromatic carbocycles. The Morgan fingerprint density at radius 1 is 1.53 bits per heavy atom. The lowest BCUT2D eigenvalue weighted by atomic mass is 10.2. The molecule has 0 atom stereocenters. The van der Waals surface area contributed by atoms with Crippen molar-refractivity contribution in [3.05, 3.63) is 30.1 Å². The Morgan fingerprint density at radius 2 is 2.27 bits per heavy atom. The van der Waals surface area contributed by atoms with Crippen molar-refractivity contribution in [3.8, 4) is 0 Å². The minimum atomic E-state index is -3.50. The lowest BCUT2D eigenvalue weighted by Crippen LogP contribution is -2.14. The second-order valence-corrected chi connectivity index (χ2v) is 5.06. The van der Waals surface area contributed by atoms with E-state index >= 15 is 0 Å². The number of sulfonamides is 1. The second-order valence-electron chi connectivity index (χ2n) is 3.45. The number of aromatic nitrogens is 2. The van der Waals surface area contributed by atoms with Gasteiger partial charge in [-0.25, -0.2) is 18.5 Å². The van der Waals surface area contributed by atoms with Crippen molar-refractivity contribution < 1.29 is 8.42 Å². The molecule has 6 heteroatoms. The lowest BCUT2D eigenvalue weighted by molar-refractivity contribution is 0.597. The van der Waals surface area contributed by atoms with Crippen molar-refractivity contribution >= 4 is 21.1 Å². The highest BCUT2D eigenvalue weighted by Crippen LogP contribution is 2.19. The highest BCUT2D eigenvalue weighted by Gasteiger charge is 2.12. The van der Waals surface area contributed by atoms with Crippen molar-refractivity contribution in [2.45, 2.75) is 5.75 Å². The summed E-state index contributed by atoms with van der Waals surface area (Å²) >= 11 is 0. The average molecular weight is 225 g/mol. The van der Waals surface area contributed by atoms with Crippen LogP contribution in [-0.2, 0) is 22.8 Å². The summed E-state index contributed by atoms with van der Waals surface area (Å²) in [5.74, 6) is -0.157. The Hall–Kier alpha value is -1.40. The fourth-order valence-corrected chi connectivity index (χ4v) is 2.29. The molecule has 0 aliphatic heterocycles. The van der Waals surface area contributed by atoms with Crippen LogP contribution in [0, 0.1) is 0 Å². The van der Waals surface area contributed by atoms with Gasteiger partial charge in [0.2, 0.25) is 10.0 Å². The minimum Gasteiger partial charge on any atom is -0.335 e. The van der Waals surface area contributed by atoms with E-state index in [2.05, 4.69) is 4.98 Å². The van der Waals surface area contributed by atoms with Gasteiger partial charge in [0.05, 0.1) is 5.75 Å². The Morgan fingerprint density at radius 3 is 2.93 bits per heavy atom. The van der Waals surface area contributed by atoms with Crippen molar-refractivity contribution in [2.75, 3.05) is 0 Å². The van der Waals surface area contributed by atoms with E-state index in [0.717, 1.165) is 11.0 Å². The van der Waals surface area contributed by atoms with Crippen LogP contribution in [0.5, 0.6) is 0 Å². The van der Waals surface area contributed by atoms with E-state index in [4.69, 9.17) is 5.14 Å². The number of pyridine rings is 1. The van der Waals surface area contributed by atoms with Crippen LogP contribution in [0.1, 0.15) is 5.56 Å². The zero-order chi connectivity index (χ0) is 11.1. The molecule has 0 fully saturated rings. The molecule has 0 saturated heterocycles. The van der Waals surface area contributed by atoms with Crippen LogP contribution in [0.25, 0.3) is 11.0 Å². The quantitative estimate of drug-likeness (QED) is 0.801. The third-order valence-corrected chi connectivity index (χ3v) is 2.89. The second kappa shape index (κ2) is 3.32. The molecule has 2 N–H and O–H groups in total. The van der Waals surface area contributed by atoms with Gasteiger partial charge >= 0.3 is 0 Å². The number of primary sulfonamides is 1. The maximum Gasteiger partial charge on any atom is 0.213 e. The number of nitrogens with two attached hydrogens (primary N) is 1. The molecule has 0 bridgehead atoms. The largest absolute Gasteiger partial charge is 0.335 e. The zero-order valence-corrected chi connectivity index (χ0v) is 9.03. The van der Waals surface area contributed by atoms with E-state index in [9.17, 15) is 8.42 Å². The molecule has 0 amide bonds. The van der Waals surface area contributed by atoms with E-state index in [-0.39, 0.29) is 5.75 Å². The van der Waals surface area contributed by atoms with Crippen LogP contribution in [0.2, 0.25) is 0 Å². The molecule has 0 spiro atoms. The molecule has 15 heavy (non-hydrogen) atoms. The third-order valence-electron chi connectivity index (χ3n) is 2.17. The first-order chi connectivity index (χ1) is 6.97. The van der Waals surface area contributed by atoms with Crippen LogP contribution in [0.4, 0.5) is 0 Å². The van der Waals surface area contributed by atoms with Crippen LogP contribution < -0.4 is 5.14 Å². The van der Waals surface area contributed by atoms with Crippen LogP contribution >= 0.6 is 0 Å². The van der Waals surface area contributed by atoms with E-state index in [1.165, 1.54) is 0 Å². The molecule has 80 valence electrons. The van der Waals surface area contributed by atoms with Crippen LogP contribution in [0.15, 0.2) is 24.5 Å². The van der Waals surface area contributed by atoms with E-state index < -0.39 is 10.0 Å². The molecule has 2 aromatic heterocycles. The molecule has 0 radical (unpaired) electrons. The number of fused-ring (bicyclic) bond motifs is 1. The molecule has 5 nitrogen and oxygen atoms in total. The highest BCUT2D eigenvalue weighted by atomic mass is 32.2. The maximum atomic E-state index is 11.0. The maximum absolute atomic E-state index is 11.0. The summed E-state index contributed by atoms with van der Waals surface area (Å²) < 4.78 is 23.8. The summed E-state index contributed by atoms with van der Waals surface area (Å²) in [7, 11) is -1.68. The number of rotatable bonds is 2. The summed E-state index contributed by atoms with van der Waals surface area (Å²) in [6.45, 7) is 0. The van der Waals surface area contributed by atoms with Crippen LogP contribution in [0.3, 0.4) is 0 Å². The number of aryl methyl sites for hydroxylation is 1. The SMILES string of the molecule is Cn1cc(CS(N)(=O)=O)c2cccnc21. The zero-order valence-electron chi connectivity index (χ0n) is 8.21. The summed E-state index contributed by atoms with van der Waals surface area (Å²) in [6.07, 6.45) is 3.41. The summed E-state index contributed by atoms with van der Waals surface area (Å²) in [5, 5.41) is 5.84. The first kappa shape index (κ1) is 10.1. The molecule has 0 unspecified atom stereocenters. The minimum absolute atomic E-state index is 0.157. The Labute approximate surface area is 87.6 Å². The third kappa shape index (κ3) is 2.00. The molecular formula is C9H11N3O2S. The van der Waals surface area contributed by atoms with E-state index in [1.807, 2.05) is 13.1 Å². The van der Waals surface area contributed by atoms with E-state index in [1.54, 1.807) is 23.0 Å². The van der Waals surface area contributed by atoms with Gasteiger partial charge in [0.1, 0.15) is 5.65 Å². The van der Waals surface area contributed by atoms with Gasteiger partial charge in [-0.05, 0) is 17.7 Å². The van der Waals surface area contributed by atoms with Gasteiger partial charge in [-0.15, -0.1) is 0 Å². The predicted octanol–water partition coefficient (Wildman–Crippen LogP) is 0.362. The predicted molar refractivity (Wildman–Crippen MR) is 57.5 cm³/mol. The smallest absolute Gasteiger partial charge is 0.213 e. The number of hydrogen-bond donors (Lipinski definition) is 1. The standard InChI is InChI=1S/C9H11N3O2S/c1-12-5-7(6-15(10,13)14)8-3-2-4-11-9(8)12/h2-5H,6H2,1H3,(H2,10,13,14).